The molecule has 1 N–H and O–H groups in total. The van der Waals surface area contributed by atoms with E-state index in [0.717, 1.165) is 15.6 Å². The maximum absolute atomic E-state index is 5.99. The monoisotopic (exact) mass is 319 g/mol. The first-order chi connectivity index (χ1) is 10.1. The molecule has 1 aromatic carbocycles. The van der Waals surface area contributed by atoms with Crippen molar-refractivity contribution >= 4 is 28.6 Å². The highest BCUT2D eigenvalue weighted by molar-refractivity contribution is 7.16. The fourth-order valence-electron chi connectivity index (χ4n) is 2.07. The fraction of sp³-hybridized carbons (Fsp3) is 0.200. The van der Waals surface area contributed by atoms with Crippen LogP contribution in [0.15, 0.2) is 40.8 Å². The number of hydrogen-bond donors (Lipinski definition) is 1. The van der Waals surface area contributed by atoms with Crippen molar-refractivity contribution in [2.24, 2.45) is 0 Å². The van der Waals surface area contributed by atoms with Gasteiger partial charge >= 0.3 is 0 Å². The molecule has 0 aliphatic heterocycles. The molecule has 2 aromatic heterocycles. The largest absolute Gasteiger partial charge is 0.421 e. The van der Waals surface area contributed by atoms with E-state index in [0.29, 0.717) is 11.8 Å². The van der Waals surface area contributed by atoms with Gasteiger partial charge < -0.3 is 9.73 Å². The van der Waals surface area contributed by atoms with Crippen molar-refractivity contribution in [1.82, 2.24) is 10.2 Å². The summed E-state index contributed by atoms with van der Waals surface area (Å²) in [5.41, 5.74) is 1.85. The maximum atomic E-state index is 5.99. The van der Waals surface area contributed by atoms with Crippen molar-refractivity contribution in [3.8, 4) is 11.5 Å². The number of benzene rings is 1. The molecule has 3 rings (SSSR count). The Bertz CT molecular complexity index is 753. The van der Waals surface area contributed by atoms with E-state index in [4.69, 9.17) is 16.0 Å². The molecule has 0 aliphatic carbocycles. The van der Waals surface area contributed by atoms with Crippen LogP contribution in [-0.4, -0.2) is 10.2 Å². The molecule has 0 aliphatic rings. The summed E-state index contributed by atoms with van der Waals surface area (Å²) in [6.45, 7) is 3.88. The number of anilines is 1. The lowest BCUT2D eigenvalue weighted by molar-refractivity contribution is 0.533. The average Bonchev–Trinajstić information content (AvgIpc) is 3.08. The van der Waals surface area contributed by atoms with Gasteiger partial charge in [0, 0.05) is 17.5 Å². The van der Waals surface area contributed by atoms with E-state index in [1.54, 1.807) is 18.3 Å². The molecule has 2 heterocycles. The number of aromatic nitrogens is 2. The van der Waals surface area contributed by atoms with Crippen LogP contribution in [0.3, 0.4) is 0 Å². The van der Waals surface area contributed by atoms with Gasteiger partial charge in [0.15, 0.2) is 0 Å². The number of para-hydroxylation sites is 1. The highest BCUT2D eigenvalue weighted by Gasteiger charge is 2.14. The molecule has 3 aromatic rings. The molecule has 1 atom stereocenters. The highest BCUT2D eigenvalue weighted by Crippen LogP contribution is 2.32. The van der Waals surface area contributed by atoms with Gasteiger partial charge in [0.25, 0.3) is 0 Å². The second kappa shape index (κ2) is 5.87. The molecule has 0 saturated heterocycles. The van der Waals surface area contributed by atoms with Crippen LogP contribution in [-0.2, 0) is 0 Å². The number of aryl methyl sites for hydroxylation is 1. The Labute approximate surface area is 131 Å². The zero-order chi connectivity index (χ0) is 14.8. The Balaban J connectivity index is 1.89. The van der Waals surface area contributed by atoms with Crippen molar-refractivity contribution < 1.29 is 4.42 Å². The molecular weight excluding hydrogens is 306 g/mol. The normalized spacial score (nSPS) is 12.3. The summed E-state index contributed by atoms with van der Waals surface area (Å²) in [4.78, 5) is 1.18. The molecule has 0 radical (unpaired) electrons. The maximum Gasteiger partial charge on any atom is 0.249 e. The molecule has 1 unspecified atom stereocenters. The van der Waals surface area contributed by atoms with Crippen molar-refractivity contribution in [2.45, 2.75) is 19.9 Å². The first-order valence-electron chi connectivity index (χ1n) is 6.55. The van der Waals surface area contributed by atoms with Crippen LogP contribution >= 0.6 is 22.9 Å². The number of nitrogens with one attached hydrogen (secondary N) is 1. The zero-order valence-corrected chi connectivity index (χ0v) is 13.2. The van der Waals surface area contributed by atoms with Crippen LogP contribution < -0.4 is 5.32 Å². The standard InChI is InChI=1S/C15H14ClN3OS/c1-9(13-7-8-14(16)21-13)17-12-6-4-3-5-11(12)15-19-18-10(2)20-15/h3-9,17H,1-2H3. The lowest BCUT2D eigenvalue weighted by Crippen LogP contribution is -2.05. The van der Waals surface area contributed by atoms with E-state index in [9.17, 15) is 0 Å². The summed E-state index contributed by atoms with van der Waals surface area (Å²) in [5, 5.41) is 11.4. The topological polar surface area (TPSA) is 51.0 Å². The summed E-state index contributed by atoms with van der Waals surface area (Å²) in [6, 6.07) is 12.0. The molecule has 0 amide bonds. The van der Waals surface area contributed by atoms with Crippen molar-refractivity contribution in [2.75, 3.05) is 5.32 Å². The molecule has 4 nitrogen and oxygen atoms in total. The minimum Gasteiger partial charge on any atom is -0.421 e. The van der Waals surface area contributed by atoms with E-state index < -0.39 is 0 Å². The minimum atomic E-state index is 0.146. The van der Waals surface area contributed by atoms with Crippen molar-refractivity contribution in [3.05, 3.63) is 51.5 Å². The first kappa shape index (κ1) is 14.1. The molecule has 0 saturated carbocycles. The van der Waals surface area contributed by atoms with Crippen molar-refractivity contribution in [1.29, 1.82) is 0 Å². The molecule has 6 heteroatoms. The van der Waals surface area contributed by atoms with E-state index in [2.05, 4.69) is 22.4 Å². The van der Waals surface area contributed by atoms with Crippen LogP contribution in [0.2, 0.25) is 4.34 Å². The molecule has 108 valence electrons. The van der Waals surface area contributed by atoms with Gasteiger partial charge in [-0.05, 0) is 31.2 Å². The quantitative estimate of drug-likeness (QED) is 0.740. The smallest absolute Gasteiger partial charge is 0.249 e. The zero-order valence-electron chi connectivity index (χ0n) is 11.6. The van der Waals surface area contributed by atoms with Gasteiger partial charge in [-0.15, -0.1) is 21.5 Å². The van der Waals surface area contributed by atoms with Gasteiger partial charge in [0.1, 0.15) is 0 Å². The first-order valence-corrected chi connectivity index (χ1v) is 7.74. The van der Waals surface area contributed by atoms with E-state index in [1.165, 1.54) is 4.88 Å². The van der Waals surface area contributed by atoms with Gasteiger partial charge in [-0.25, -0.2) is 0 Å². The molecule has 0 spiro atoms. The van der Waals surface area contributed by atoms with Gasteiger partial charge in [-0.2, -0.15) is 0 Å². The SMILES string of the molecule is Cc1nnc(-c2ccccc2NC(C)c2ccc(Cl)s2)o1. The van der Waals surface area contributed by atoms with Crippen LogP contribution in [0.25, 0.3) is 11.5 Å². The molecular formula is C15H14ClN3OS. The summed E-state index contributed by atoms with van der Waals surface area (Å²) in [7, 11) is 0. The van der Waals surface area contributed by atoms with Gasteiger partial charge in [0.2, 0.25) is 11.8 Å². The third-order valence-corrected chi connectivity index (χ3v) is 4.49. The summed E-state index contributed by atoms with van der Waals surface area (Å²) in [5.74, 6) is 1.07. The van der Waals surface area contributed by atoms with E-state index in [-0.39, 0.29) is 6.04 Å². The fourth-order valence-corrected chi connectivity index (χ4v) is 3.13. The molecule has 0 bridgehead atoms. The minimum absolute atomic E-state index is 0.146. The lowest BCUT2D eigenvalue weighted by Gasteiger charge is -2.15. The predicted octanol–water partition coefficient (Wildman–Crippen LogP) is 4.93. The Morgan fingerprint density at radius 3 is 2.67 bits per heavy atom. The van der Waals surface area contributed by atoms with E-state index >= 15 is 0 Å². The number of thiophene rings is 1. The van der Waals surface area contributed by atoms with E-state index in [1.807, 2.05) is 36.4 Å². The second-order valence-electron chi connectivity index (χ2n) is 4.68. The number of halogens is 1. The third-order valence-electron chi connectivity index (χ3n) is 3.08. The number of nitrogens with zero attached hydrogens (tertiary/aromatic N) is 2. The predicted molar refractivity (Wildman–Crippen MR) is 85.8 cm³/mol. The second-order valence-corrected chi connectivity index (χ2v) is 6.43. The lowest BCUT2D eigenvalue weighted by atomic mass is 10.1. The Morgan fingerprint density at radius 1 is 1.19 bits per heavy atom. The Kier molecular flexibility index (Phi) is 3.94. The van der Waals surface area contributed by atoms with Gasteiger partial charge in [-0.1, -0.05) is 23.7 Å². The number of rotatable bonds is 4. The van der Waals surface area contributed by atoms with Crippen LogP contribution in [0.1, 0.15) is 23.7 Å². The van der Waals surface area contributed by atoms with Crippen LogP contribution in [0, 0.1) is 6.92 Å². The Hall–Kier alpha value is -1.85. The van der Waals surface area contributed by atoms with Crippen LogP contribution in [0.5, 0.6) is 0 Å². The highest BCUT2D eigenvalue weighted by atomic mass is 35.5. The average molecular weight is 320 g/mol. The summed E-state index contributed by atoms with van der Waals surface area (Å²) in [6.07, 6.45) is 0. The van der Waals surface area contributed by atoms with Crippen LogP contribution in [0.4, 0.5) is 5.69 Å². The molecule has 21 heavy (non-hydrogen) atoms. The third kappa shape index (κ3) is 3.09. The summed E-state index contributed by atoms with van der Waals surface area (Å²) >= 11 is 7.57. The summed E-state index contributed by atoms with van der Waals surface area (Å²) < 4.78 is 6.31. The van der Waals surface area contributed by atoms with Gasteiger partial charge in [0.05, 0.1) is 15.9 Å². The van der Waals surface area contributed by atoms with Gasteiger partial charge in [-0.3, -0.25) is 0 Å². The Morgan fingerprint density at radius 2 is 2.00 bits per heavy atom. The molecule has 0 fully saturated rings. The number of hydrogen-bond acceptors (Lipinski definition) is 5. The van der Waals surface area contributed by atoms with Crippen molar-refractivity contribution in [3.63, 3.8) is 0 Å².